The molecule has 0 radical (unpaired) electrons. The molecule has 0 fully saturated rings. The van der Waals surface area contributed by atoms with Gasteiger partial charge in [-0.2, -0.15) is 0 Å². The molecule has 0 atom stereocenters. The monoisotopic (exact) mass is 313 g/mol. The maximum absolute atomic E-state index is 12.2. The van der Waals surface area contributed by atoms with Crippen LogP contribution in [0, 0.1) is 0 Å². The third-order valence-electron chi connectivity index (χ3n) is 3.46. The van der Waals surface area contributed by atoms with Gasteiger partial charge < -0.3 is 5.73 Å². The first-order chi connectivity index (χ1) is 9.77. The van der Waals surface area contributed by atoms with E-state index in [-0.39, 0.29) is 4.90 Å². The molecule has 0 heterocycles. The molecule has 0 aromatic heterocycles. The highest BCUT2D eigenvalue weighted by molar-refractivity contribution is 7.89. The van der Waals surface area contributed by atoms with Crippen molar-refractivity contribution in [2.75, 3.05) is 13.1 Å². The largest absolute Gasteiger partial charge is 0.326 e. The summed E-state index contributed by atoms with van der Waals surface area (Å²) in [5, 5.41) is 0. The Kier molecular flexibility index (Phi) is 6.80. The second-order valence-corrected chi connectivity index (χ2v) is 7.44. The summed E-state index contributed by atoms with van der Waals surface area (Å²) in [4.78, 5) is 2.53. The molecule has 3 N–H and O–H groups in total. The summed E-state index contributed by atoms with van der Waals surface area (Å²) in [5.41, 5.74) is 6.42. The summed E-state index contributed by atoms with van der Waals surface area (Å²) in [7, 11) is -3.45. The zero-order valence-corrected chi connectivity index (χ0v) is 14.2. The smallest absolute Gasteiger partial charge is 0.240 e. The molecule has 0 spiro atoms. The number of sulfonamides is 1. The molecule has 0 aliphatic heterocycles. The molecule has 6 heteroatoms. The molecule has 0 amide bonds. The van der Waals surface area contributed by atoms with Crippen LogP contribution in [0.1, 0.15) is 33.3 Å². The molecule has 0 saturated heterocycles. The van der Waals surface area contributed by atoms with Gasteiger partial charge in [-0.15, -0.1) is 0 Å². The molecule has 1 rings (SSSR count). The van der Waals surface area contributed by atoms with Gasteiger partial charge in [0.25, 0.3) is 0 Å². The normalized spacial score (nSPS) is 12.6. The molecule has 0 aliphatic carbocycles. The van der Waals surface area contributed by atoms with Crippen molar-refractivity contribution in [3.05, 3.63) is 29.8 Å². The Labute approximate surface area is 128 Å². The minimum Gasteiger partial charge on any atom is -0.326 e. The highest BCUT2D eigenvalue weighted by Crippen LogP contribution is 2.10. The number of nitrogens with zero attached hydrogens (tertiary/aromatic N) is 1. The van der Waals surface area contributed by atoms with Crippen LogP contribution in [-0.2, 0) is 16.6 Å². The van der Waals surface area contributed by atoms with E-state index in [4.69, 9.17) is 5.73 Å². The number of nitrogens with two attached hydrogens (primary N) is 1. The van der Waals surface area contributed by atoms with Crippen LogP contribution in [0.2, 0.25) is 0 Å². The number of nitrogens with one attached hydrogen (secondary N) is 1. The summed E-state index contributed by atoms with van der Waals surface area (Å²) in [6.45, 7) is 9.94. The molecule has 120 valence electrons. The van der Waals surface area contributed by atoms with Crippen molar-refractivity contribution in [3.63, 3.8) is 0 Å². The lowest BCUT2D eigenvalue weighted by Crippen LogP contribution is -2.42. The Morgan fingerprint density at radius 2 is 1.62 bits per heavy atom. The van der Waals surface area contributed by atoms with Crippen LogP contribution < -0.4 is 10.5 Å². The third kappa shape index (κ3) is 5.39. The Bertz CT molecular complexity index is 516. The molecule has 21 heavy (non-hydrogen) atoms. The maximum Gasteiger partial charge on any atom is 0.240 e. The van der Waals surface area contributed by atoms with Gasteiger partial charge in [0.1, 0.15) is 0 Å². The SMILES string of the molecule is CC(C)N(CCNS(=O)(=O)c1ccc(CN)cc1)C(C)C. The van der Waals surface area contributed by atoms with Crippen LogP contribution in [0.5, 0.6) is 0 Å². The van der Waals surface area contributed by atoms with E-state index in [1.54, 1.807) is 24.3 Å². The fourth-order valence-corrected chi connectivity index (χ4v) is 3.33. The Balaban J connectivity index is 2.64. The van der Waals surface area contributed by atoms with Gasteiger partial charge in [-0.25, -0.2) is 13.1 Å². The number of benzene rings is 1. The van der Waals surface area contributed by atoms with Gasteiger partial charge >= 0.3 is 0 Å². The van der Waals surface area contributed by atoms with Crippen molar-refractivity contribution >= 4 is 10.0 Å². The molecule has 0 aliphatic rings. The fraction of sp³-hybridized carbons (Fsp3) is 0.600. The Hall–Kier alpha value is -0.950. The average molecular weight is 313 g/mol. The highest BCUT2D eigenvalue weighted by atomic mass is 32.2. The molecular formula is C15H27N3O2S. The Morgan fingerprint density at radius 1 is 1.10 bits per heavy atom. The van der Waals surface area contributed by atoms with E-state index >= 15 is 0 Å². The lowest BCUT2D eigenvalue weighted by atomic mass is 10.2. The third-order valence-corrected chi connectivity index (χ3v) is 4.93. The standard InChI is InChI=1S/C15H27N3O2S/c1-12(2)18(13(3)4)10-9-17-21(19,20)15-7-5-14(11-16)6-8-15/h5-8,12-13,17H,9-11,16H2,1-4H3. The number of hydrogen-bond donors (Lipinski definition) is 2. The van der Waals surface area contributed by atoms with Crippen molar-refractivity contribution < 1.29 is 8.42 Å². The van der Waals surface area contributed by atoms with Gasteiger partial charge in [-0.1, -0.05) is 12.1 Å². The van der Waals surface area contributed by atoms with E-state index in [2.05, 4.69) is 37.3 Å². The minimum atomic E-state index is -3.45. The molecule has 1 aromatic carbocycles. The van der Waals surface area contributed by atoms with Gasteiger partial charge in [0.15, 0.2) is 0 Å². The van der Waals surface area contributed by atoms with E-state index in [1.165, 1.54) is 0 Å². The molecule has 0 bridgehead atoms. The van der Waals surface area contributed by atoms with Crippen LogP contribution in [0.15, 0.2) is 29.2 Å². The maximum atomic E-state index is 12.2. The van der Waals surface area contributed by atoms with Crippen molar-refractivity contribution in [3.8, 4) is 0 Å². The summed E-state index contributed by atoms with van der Waals surface area (Å²) >= 11 is 0. The summed E-state index contributed by atoms with van der Waals surface area (Å²) in [6.07, 6.45) is 0. The molecule has 0 saturated carbocycles. The van der Waals surface area contributed by atoms with E-state index in [9.17, 15) is 8.42 Å². The topological polar surface area (TPSA) is 75.4 Å². The molecule has 5 nitrogen and oxygen atoms in total. The van der Waals surface area contributed by atoms with E-state index in [0.29, 0.717) is 31.7 Å². The number of rotatable bonds is 8. The second-order valence-electron chi connectivity index (χ2n) is 5.67. The predicted molar refractivity (Wildman–Crippen MR) is 86.5 cm³/mol. The van der Waals surface area contributed by atoms with Crippen molar-refractivity contribution in [2.45, 2.75) is 51.2 Å². The van der Waals surface area contributed by atoms with E-state index < -0.39 is 10.0 Å². The first-order valence-electron chi connectivity index (χ1n) is 7.32. The Morgan fingerprint density at radius 3 is 2.05 bits per heavy atom. The quantitative estimate of drug-likeness (QED) is 0.763. The molecule has 1 aromatic rings. The molecular weight excluding hydrogens is 286 g/mol. The molecule has 0 unspecified atom stereocenters. The lowest BCUT2D eigenvalue weighted by Gasteiger charge is -2.30. The van der Waals surface area contributed by atoms with Crippen LogP contribution >= 0.6 is 0 Å². The van der Waals surface area contributed by atoms with E-state index in [0.717, 1.165) is 5.56 Å². The highest BCUT2D eigenvalue weighted by Gasteiger charge is 2.16. The predicted octanol–water partition coefficient (Wildman–Crippen LogP) is 1.54. The zero-order valence-electron chi connectivity index (χ0n) is 13.3. The van der Waals surface area contributed by atoms with Gasteiger partial charge in [0.2, 0.25) is 10.0 Å². The minimum absolute atomic E-state index is 0.278. The first-order valence-corrected chi connectivity index (χ1v) is 8.80. The zero-order chi connectivity index (χ0) is 16.0. The van der Waals surface area contributed by atoms with Crippen LogP contribution in [0.25, 0.3) is 0 Å². The fourth-order valence-electron chi connectivity index (χ4n) is 2.31. The first kappa shape index (κ1) is 18.1. The van der Waals surface area contributed by atoms with Gasteiger partial charge in [-0.05, 0) is 45.4 Å². The van der Waals surface area contributed by atoms with Crippen molar-refractivity contribution in [1.29, 1.82) is 0 Å². The van der Waals surface area contributed by atoms with Gasteiger partial charge in [0, 0.05) is 31.7 Å². The van der Waals surface area contributed by atoms with Gasteiger partial charge in [0.05, 0.1) is 4.90 Å². The van der Waals surface area contributed by atoms with Crippen LogP contribution in [-0.4, -0.2) is 38.5 Å². The second kappa shape index (κ2) is 7.89. The lowest BCUT2D eigenvalue weighted by molar-refractivity contribution is 0.179. The summed E-state index contributed by atoms with van der Waals surface area (Å²) in [6, 6.07) is 7.43. The van der Waals surface area contributed by atoms with Crippen LogP contribution in [0.4, 0.5) is 0 Å². The van der Waals surface area contributed by atoms with Crippen molar-refractivity contribution in [1.82, 2.24) is 9.62 Å². The van der Waals surface area contributed by atoms with Gasteiger partial charge in [-0.3, -0.25) is 4.90 Å². The van der Waals surface area contributed by atoms with Crippen molar-refractivity contribution in [2.24, 2.45) is 5.73 Å². The van der Waals surface area contributed by atoms with E-state index in [1.807, 2.05) is 0 Å². The summed E-state index contributed by atoms with van der Waals surface area (Å²) < 4.78 is 27.0. The average Bonchev–Trinajstić information content (AvgIpc) is 2.42. The van der Waals surface area contributed by atoms with Crippen LogP contribution in [0.3, 0.4) is 0 Å². The number of hydrogen-bond acceptors (Lipinski definition) is 4. The summed E-state index contributed by atoms with van der Waals surface area (Å²) in [5.74, 6) is 0.